The molecule has 1 aromatic rings. The zero-order valence-corrected chi connectivity index (χ0v) is 7.68. The van der Waals surface area contributed by atoms with Crippen LogP contribution in [0.2, 0.25) is 0 Å². The molecule has 0 saturated heterocycles. The lowest BCUT2D eigenvalue weighted by Crippen LogP contribution is -2.14. The van der Waals surface area contributed by atoms with E-state index in [9.17, 15) is 13.2 Å². The second-order valence-corrected chi connectivity index (χ2v) is 3.24. The lowest BCUT2D eigenvalue weighted by molar-refractivity contribution is -0.143. The Hall–Kier alpha value is -1.00. The van der Waals surface area contributed by atoms with E-state index in [0.29, 0.717) is 0 Å². The molecule has 0 spiro atoms. The molecule has 0 atom stereocenters. The van der Waals surface area contributed by atoms with Gasteiger partial charge in [-0.05, 0) is 5.92 Å². The SMILES string of the molecule is CC(C)c1ncn(C)c1C(F)(F)F. The number of hydrogen-bond acceptors (Lipinski definition) is 1. The first-order valence-corrected chi connectivity index (χ1v) is 3.92. The van der Waals surface area contributed by atoms with Crippen molar-refractivity contribution >= 4 is 0 Å². The van der Waals surface area contributed by atoms with Crippen LogP contribution < -0.4 is 0 Å². The Balaban J connectivity index is 3.25. The van der Waals surface area contributed by atoms with Gasteiger partial charge < -0.3 is 4.57 Å². The smallest absolute Gasteiger partial charge is 0.330 e. The number of aryl methyl sites for hydroxylation is 1. The average Bonchev–Trinajstić information content (AvgIpc) is 2.28. The monoisotopic (exact) mass is 192 g/mol. The number of halogens is 3. The zero-order valence-electron chi connectivity index (χ0n) is 7.68. The van der Waals surface area contributed by atoms with Gasteiger partial charge in [-0.2, -0.15) is 13.2 Å². The minimum absolute atomic E-state index is 0.106. The molecule has 0 bridgehead atoms. The summed E-state index contributed by atoms with van der Waals surface area (Å²) >= 11 is 0. The van der Waals surface area contributed by atoms with E-state index in [-0.39, 0.29) is 11.6 Å². The normalized spacial score (nSPS) is 12.5. The minimum atomic E-state index is -4.31. The van der Waals surface area contributed by atoms with Crippen LogP contribution >= 0.6 is 0 Å². The van der Waals surface area contributed by atoms with Crippen LogP contribution in [0.3, 0.4) is 0 Å². The summed E-state index contributed by atoms with van der Waals surface area (Å²) in [6.07, 6.45) is -3.12. The van der Waals surface area contributed by atoms with Crippen molar-refractivity contribution in [2.75, 3.05) is 0 Å². The maximum absolute atomic E-state index is 12.4. The summed E-state index contributed by atoms with van der Waals surface area (Å²) in [5.41, 5.74) is -0.544. The van der Waals surface area contributed by atoms with Crippen molar-refractivity contribution in [1.29, 1.82) is 0 Å². The Bertz CT molecular complexity index is 299. The van der Waals surface area contributed by atoms with Crippen molar-refractivity contribution < 1.29 is 13.2 Å². The maximum atomic E-state index is 12.4. The van der Waals surface area contributed by atoms with E-state index in [1.165, 1.54) is 13.4 Å². The number of alkyl halides is 3. The molecule has 1 aromatic heterocycles. The summed E-state index contributed by atoms with van der Waals surface area (Å²) < 4.78 is 38.3. The van der Waals surface area contributed by atoms with Gasteiger partial charge in [-0.25, -0.2) is 4.98 Å². The molecule has 0 fully saturated rings. The van der Waals surface area contributed by atoms with Crippen LogP contribution in [-0.4, -0.2) is 9.55 Å². The number of hydrogen-bond donors (Lipinski definition) is 0. The predicted octanol–water partition coefficient (Wildman–Crippen LogP) is 2.56. The molecule has 0 aromatic carbocycles. The molecule has 0 aliphatic carbocycles. The van der Waals surface area contributed by atoms with Gasteiger partial charge >= 0.3 is 6.18 Å². The molecular weight excluding hydrogens is 181 g/mol. The molecule has 0 aliphatic rings. The molecule has 0 N–H and O–H groups in total. The zero-order chi connectivity index (χ0) is 10.2. The fourth-order valence-electron chi connectivity index (χ4n) is 1.22. The van der Waals surface area contributed by atoms with Crippen molar-refractivity contribution in [2.24, 2.45) is 7.05 Å². The summed E-state index contributed by atoms with van der Waals surface area (Å²) in [6, 6.07) is 0. The summed E-state index contributed by atoms with van der Waals surface area (Å²) in [5.74, 6) is -0.210. The predicted molar refractivity (Wildman–Crippen MR) is 42.3 cm³/mol. The largest absolute Gasteiger partial charge is 0.433 e. The van der Waals surface area contributed by atoms with Gasteiger partial charge in [-0.15, -0.1) is 0 Å². The summed E-state index contributed by atoms with van der Waals surface area (Å²) in [7, 11) is 1.35. The van der Waals surface area contributed by atoms with Gasteiger partial charge in [0.25, 0.3) is 0 Å². The van der Waals surface area contributed by atoms with Gasteiger partial charge in [0, 0.05) is 7.05 Å². The average molecular weight is 192 g/mol. The number of aromatic nitrogens is 2. The van der Waals surface area contributed by atoms with Gasteiger partial charge in [-0.1, -0.05) is 13.8 Å². The molecule has 0 aliphatic heterocycles. The van der Waals surface area contributed by atoms with Gasteiger partial charge in [0.05, 0.1) is 12.0 Å². The fraction of sp³-hybridized carbons (Fsp3) is 0.625. The van der Waals surface area contributed by atoms with E-state index in [2.05, 4.69) is 4.98 Å². The standard InChI is InChI=1S/C8H11F3N2/c1-5(2)6-7(8(9,10)11)13(3)4-12-6/h4-5H,1-3H3. The Morgan fingerprint density at radius 3 is 2.23 bits per heavy atom. The second-order valence-electron chi connectivity index (χ2n) is 3.24. The van der Waals surface area contributed by atoms with Crippen LogP contribution in [0.25, 0.3) is 0 Å². The van der Waals surface area contributed by atoms with E-state index in [1.54, 1.807) is 13.8 Å². The highest BCUT2D eigenvalue weighted by Gasteiger charge is 2.37. The molecule has 1 rings (SSSR count). The molecule has 13 heavy (non-hydrogen) atoms. The van der Waals surface area contributed by atoms with Crippen LogP contribution in [0.4, 0.5) is 13.2 Å². The van der Waals surface area contributed by atoms with Crippen molar-refractivity contribution in [2.45, 2.75) is 25.9 Å². The van der Waals surface area contributed by atoms with Gasteiger partial charge in [0.1, 0.15) is 5.69 Å². The van der Waals surface area contributed by atoms with E-state index in [4.69, 9.17) is 0 Å². The van der Waals surface area contributed by atoms with E-state index in [1.807, 2.05) is 0 Å². The number of rotatable bonds is 1. The first-order valence-electron chi connectivity index (χ1n) is 3.92. The van der Waals surface area contributed by atoms with Crippen LogP contribution in [-0.2, 0) is 13.2 Å². The summed E-state index contributed by atoms with van der Waals surface area (Å²) in [4.78, 5) is 3.72. The fourth-order valence-corrected chi connectivity index (χ4v) is 1.22. The van der Waals surface area contributed by atoms with Crippen molar-refractivity contribution in [3.05, 3.63) is 17.7 Å². The molecule has 0 unspecified atom stereocenters. The quantitative estimate of drug-likeness (QED) is 0.668. The van der Waals surface area contributed by atoms with E-state index >= 15 is 0 Å². The van der Waals surface area contributed by atoms with E-state index in [0.717, 1.165) is 4.57 Å². The highest BCUT2D eigenvalue weighted by atomic mass is 19.4. The maximum Gasteiger partial charge on any atom is 0.433 e. The third-order valence-electron chi connectivity index (χ3n) is 1.78. The lowest BCUT2D eigenvalue weighted by atomic mass is 10.1. The molecule has 74 valence electrons. The lowest BCUT2D eigenvalue weighted by Gasteiger charge is -2.11. The Morgan fingerprint density at radius 1 is 1.38 bits per heavy atom. The summed E-state index contributed by atoms with van der Waals surface area (Å²) in [5, 5.41) is 0. The van der Waals surface area contributed by atoms with E-state index < -0.39 is 11.9 Å². The highest BCUT2D eigenvalue weighted by molar-refractivity contribution is 5.19. The highest BCUT2D eigenvalue weighted by Crippen LogP contribution is 2.33. The summed E-state index contributed by atoms with van der Waals surface area (Å²) in [6.45, 7) is 3.38. The first-order chi connectivity index (χ1) is 5.84. The third kappa shape index (κ3) is 1.84. The topological polar surface area (TPSA) is 17.8 Å². The van der Waals surface area contributed by atoms with Crippen molar-refractivity contribution in [3.63, 3.8) is 0 Å². The molecule has 0 saturated carbocycles. The van der Waals surface area contributed by atoms with Crippen molar-refractivity contribution in [3.8, 4) is 0 Å². The molecule has 5 heteroatoms. The molecule has 2 nitrogen and oxygen atoms in total. The van der Waals surface area contributed by atoms with Crippen LogP contribution in [0.5, 0.6) is 0 Å². The third-order valence-corrected chi connectivity index (χ3v) is 1.78. The van der Waals surface area contributed by atoms with Crippen LogP contribution in [0, 0.1) is 0 Å². The molecule has 1 heterocycles. The molecule has 0 amide bonds. The first kappa shape index (κ1) is 10.1. The van der Waals surface area contributed by atoms with Gasteiger partial charge in [-0.3, -0.25) is 0 Å². The molecule has 0 radical (unpaired) electrons. The van der Waals surface area contributed by atoms with Crippen LogP contribution in [0.1, 0.15) is 31.2 Å². The van der Waals surface area contributed by atoms with Crippen molar-refractivity contribution in [1.82, 2.24) is 9.55 Å². The second kappa shape index (κ2) is 3.05. The van der Waals surface area contributed by atoms with Gasteiger partial charge in [0.15, 0.2) is 0 Å². The number of nitrogens with zero attached hydrogens (tertiary/aromatic N) is 2. The minimum Gasteiger partial charge on any atom is -0.330 e. The Morgan fingerprint density at radius 2 is 1.92 bits per heavy atom. The number of imidazole rings is 1. The van der Waals surface area contributed by atoms with Crippen LogP contribution in [0.15, 0.2) is 6.33 Å². The Labute approximate surface area is 74.4 Å². The van der Waals surface area contributed by atoms with Gasteiger partial charge in [0.2, 0.25) is 0 Å². The Kier molecular flexibility index (Phi) is 2.36. The molecular formula is C8H11F3N2.